The number of rotatable bonds is 7. The van der Waals surface area contributed by atoms with Gasteiger partial charge in [0.15, 0.2) is 0 Å². The Morgan fingerprint density at radius 2 is 1.60 bits per heavy atom. The molecule has 1 aromatic heterocycles. The summed E-state index contributed by atoms with van der Waals surface area (Å²) in [6, 6.07) is 16.9. The molecule has 0 radical (unpaired) electrons. The Hall–Kier alpha value is -2.44. The van der Waals surface area contributed by atoms with E-state index in [0.29, 0.717) is 6.54 Å². The van der Waals surface area contributed by atoms with Crippen molar-refractivity contribution in [2.24, 2.45) is 5.92 Å². The molecule has 0 unspecified atom stereocenters. The van der Waals surface area contributed by atoms with Crippen LogP contribution in [0.1, 0.15) is 29.5 Å². The van der Waals surface area contributed by atoms with E-state index in [-0.39, 0.29) is 11.8 Å². The fourth-order valence-electron chi connectivity index (χ4n) is 3.89. The Morgan fingerprint density at radius 1 is 0.967 bits per heavy atom. The van der Waals surface area contributed by atoms with Crippen LogP contribution < -0.4 is 5.32 Å². The molecule has 0 spiro atoms. The molecule has 2 heterocycles. The van der Waals surface area contributed by atoms with E-state index in [1.807, 2.05) is 17.1 Å². The summed E-state index contributed by atoms with van der Waals surface area (Å²) in [6.45, 7) is 4.29. The van der Waals surface area contributed by atoms with Crippen LogP contribution in [0.5, 0.6) is 0 Å². The minimum atomic E-state index is 0.117. The summed E-state index contributed by atoms with van der Waals surface area (Å²) in [5, 5.41) is 3.13. The quantitative estimate of drug-likeness (QED) is 0.566. The zero-order valence-electron chi connectivity index (χ0n) is 17.0. The van der Waals surface area contributed by atoms with Crippen molar-refractivity contribution >= 4 is 21.8 Å². The standard InChI is InChI=1S/C24H27BrN4O/c25-23-7-5-21(6-8-23)16-28-12-9-22(10-13-28)24(30)27-15-19-1-3-20(4-2-19)17-29-14-11-26-18-29/h1-8,11,14,18,22H,9-10,12-13,15-17H2,(H,27,30). The van der Waals surface area contributed by atoms with Crippen molar-refractivity contribution < 1.29 is 4.79 Å². The number of piperidine rings is 1. The van der Waals surface area contributed by atoms with Gasteiger partial charge in [-0.1, -0.05) is 52.3 Å². The second-order valence-corrected chi connectivity index (χ2v) is 8.86. The SMILES string of the molecule is O=C(NCc1ccc(Cn2ccnc2)cc1)C1CCN(Cc2ccc(Br)cc2)CC1. The first kappa shape index (κ1) is 20.8. The molecule has 1 fully saturated rings. The fourth-order valence-corrected chi connectivity index (χ4v) is 4.15. The molecule has 2 aromatic carbocycles. The van der Waals surface area contributed by atoms with Crippen molar-refractivity contribution in [2.75, 3.05) is 13.1 Å². The second-order valence-electron chi connectivity index (χ2n) is 7.95. The topological polar surface area (TPSA) is 50.2 Å². The number of nitrogens with one attached hydrogen (secondary N) is 1. The maximum atomic E-state index is 12.6. The highest BCUT2D eigenvalue weighted by Gasteiger charge is 2.24. The zero-order chi connectivity index (χ0) is 20.8. The van der Waals surface area contributed by atoms with Crippen LogP contribution in [0.15, 0.2) is 71.7 Å². The van der Waals surface area contributed by atoms with Gasteiger partial charge in [-0.25, -0.2) is 4.98 Å². The first-order valence-electron chi connectivity index (χ1n) is 10.4. The highest BCUT2D eigenvalue weighted by molar-refractivity contribution is 9.10. The Labute approximate surface area is 186 Å². The summed E-state index contributed by atoms with van der Waals surface area (Å²) < 4.78 is 3.15. The number of imidazole rings is 1. The van der Waals surface area contributed by atoms with Gasteiger partial charge in [0.1, 0.15) is 0 Å². The summed E-state index contributed by atoms with van der Waals surface area (Å²) in [4.78, 5) is 19.1. The molecular weight excluding hydrogens is 440 g/mol. The van der Waals surface area contributed by atoms with Gasteiger partial charge in [-0.15, -0.1) is 0 Å². The number of carbonyl (C=O) groups excluding carboxylic acids is 1. The fraction of sp³-hybridized carbons (Fsp3) is 0.333. The van der Waals surface area contributed by atoms with Gasteiger partial charge >= 0.3 is 0 Å². The first-order chi connectivity index (χ1) is 14.7. The normalized spacial score (nSPS) is 15.2. The number of halogens is 1. The molecule has 1 amide bonds. The summed E-state index contributed by atoms with van der Waals surface area (Å²) in [7, 11) is 0. The minimum Gasteiger partial charge on any atom is -0.352 e. The van der Waals surface area contributed by atoms with Crippen LogP contribution in [0.3, 0.4) is 0 Å². The third-order valence-corrected chi connectivity index (χ3v) is 6.22. The zero-order valence-corrected chi connectivity index (χ0v) is 18.6. The smallest absolute Gasteiger partial charge is 0.223 e. The number of hydrogen-bond acceptors (Lipinski definition) is 3. The molecule has 156 valence electrons. The molecule has 4 rings (SSSR count). The minimum absolute atomic E-state index is 0.117. The Kier molecular flexibility index (Phi) is 6.97. The van der Waals surface area contributed by atoms with Crippen molar-refractivity contribution in [3.05, 3.63) is 88.4 Å². The van der Waals surface area contributed by atoms with Gasteiger partial charge in [0.05, 0.1) is 6.33 Å². The van der Waals surface area contributed by atoms with Crippen molar-refractivity contribution in [1.82, 2.24) is 19.8 Å². The molecule has 1 saturated heterocycles. The summed E-state index contributed by atoms with van der Waals surface area (Å²) in [5.74, 6) is 0.299. The Bertz CT molecular complexity index is 930. The van der Waals surface area contributed by atoms with E-state index < -0.39 is 0 Å². The molecule has 30 heavy (non-hydrogen) atoms. The summed E-state index contributed by atoms with van der Waals surface area (Å²) >= 11 is 3.48. The van der Waals surface area contributed by atoms with Crippen LogP contribution >= 0.6 is 15.9 Å². The molecule has 0 saturated carbocycles. The second kappa shape index (κ2) is 10.0. The summed E-state index contributed by atoms with van der Waals surface area (Å²) in [5.41, 5.74) is 3.67. The van der Waals surface area contributed by atoms with Crippen LogP contribution in [0.25, 0.3) is 0 Å². The largest absolute Gasteiger partial charge is 0.352 e. The van der Waals surface area contributed by atoms with Gasteiger partial charge in [-0.2, -0.15) is 0 Å². The molecule has 0 bridgehead atoms. The van der Waals surface area contributed by atoms with Crippen molar-refractivity contribution in [3.63, 3.8) is 0 Å². The average Bonchev–Trinajstić information content (AvgIpc) is 3.28. The first-order valence-corrected chi connectivity index (χ1v) is 11.2. The van der Waals surface area contributed by atoms with Crippen LogP contribution in [0, 0.1) is 5.92 Å². The van der Waals surface area contributed by atoms with E-state index in [1.54, 1.807) is 6.20 Å². The molecule has 6 heteroatoms. The van der Waals surface area contributed by atoms with Gasteiger partial charge < -0.3 is 9.88 Å². The van der Waals surface area contributed by atoms with Crippen LogP contribution in [0.4, 0.5) is 0 Å². The number of benzene rings is 2. The third kappa shape index (κ3) is 5.80. The van der Waals surface area contributed by atoms with Crippen LogP contribution in [-0.2, 0) is 24.4 Å². The van der Waals surface area contributed by atoms with E-state index >= 15 is 0 Å². The van der Waals surface area contributed by atoms with Crippen molar-refractivity contribution in [3.8, 4) is 0 Å². The van der Waals surface area contributed by atoms with Gasteiger partial charge in [0.2, 0.25) is 5.91 Å². The lowest BCUT2D eigenvalue weighted by Gasteiger charge is -2.31. The molecule has 1 N–H and O–H groups in total. The molecule has 0 aliphatic carbocycles. The highest BCUT2D eigenvalue weighted by Crippen LogP contribution is 2.20. The summed E-state index contributed by atoms with van der Waals surface area (Å²) in [6.07, 6.45) is 7.41. The van der Waals surface area contributed by atoms with E-state index in [2.05, 4.69) is 79.7 Å². The molecule has 0 atom stereocenters. The molecule has 1 aliphatic rings. The monoisotopic (exact) mass is 466 g/mol. The van der Waals surface area contributed by atoms with E-state index in [4.69, 9.17) is 0 Å². The van der Waals surface area contributed by atoms with Crippen LogP contribution in [0.2, 0.25) is 0 Å². The third-order valence-electron chi connectivity index (χ3n) is 5.69. The lowest BCUT2D eigenvalue weighted by Crippen LogP contribution is -2.40. The molecule has 1 aliphatic heterocycles. The van der Waals surface area contributed by atoms with E-state index in [1.165, 1.54) is 11.1 Å². The lowest BCUT2D eigenvalue weighted by molar-refractivity contribution is -0.126. The predicted octanol–water partition coefficient (Wildman–Crippen LogP) is 4.22. The number of nitrogens with zero attached hydrogens (tertiary/aromatic N) is 3. The number of amides is 1. The maximum absolute atomic E-state index is 12.6. The number of hydrogen-bond donors (Lipinski definition) is 1. The maximum Gasteiger partial charge on any atom is 0.223 e. The van der Waals surface area contributed by atoms with E-state index in [9.17, 15) is 4.79 Å². The predicted molar refractivity (Wildman–Crippen MR) is 122 cm³/mol. The van der Waals surface area contributed by atoms with Gasteiger partial charge in [-0.05, 0) is 54.8 Å². The average molecular weight is 467 g/mol. The Morgan fingerprint density at radius 3 is 2.27 bits per heavy atom. The van der Waals surface area contributed by atoms with Crippen LogP contribution in [-0.4, -0.2) is 33.4 Å². The molecular formula is C24H27BrN4O. The number of likely N-dealkylation sites (tertiary alicyclic amines) is 1. The Balaban J connectivity index is 1.20. The van der Waals surface area contributed by atoms with Crippen molar-refractivity contribution in [1.29, 1.82) is 0 Å². The van der Waals surface area contributed by atoms with Gasteiger partial charge in [0, 0.05) is 42.4 Å². The number of carbonyl (C=O) groups is 1. The van der Waals surface area contributed by atoms with Gasteiger partial charge in [-0.3, -0.25) is 9.69 Å². The van der Waals surface area contributed by atoms with Gasteiger partial charge in [0.25, 0.3) is 0 Å². The van der Waals surface area contributed by atoms with E-state index in [0.717, 1.165) is 49.1 Å². The molecule has 5 nitrogen and oxygen atoms in total. The number of aromatic nitrogens is 2. The highest BCUT2D eigenvalue weighted by atomic mass is 79.9. The lowest BCUT2D eigenvalue weighted by atomic mass is 9.95. The molecule has 3 aromatic rings. The van der Waals surface area contributed by atoms with Crippen molar-refractivity contribution in [2.45, 2.75) is 32.5 Å².